The van der Waals surface area contributed by atoms with Crippen LogP contribution in [0.5, 0.6) is 0 Å². The van der Waals surface area contributed by atoms with Crippen LogP contribution in [-0.2, 0) is 13.1 Å². The van der Waals surface area contributed by atoms with Crippen molar-refractivity contribution in [3.63, 3.8) is 0 Å². The molecule has 1 aromatic rings. The Morgan fingerprint density at radius 3 is 2.50 bits per heavy atom. The Morgan fingerprint density at radius 1 is 1.22 bits per heavy atom. The van der Waals surface area contributed by atoms with Gasteiger partial charge in [-0.2, -0.15) is 0 Å². The number of nitrogens with one attached hydrogen (secondary N) is 1. The smallest absolute Gasteiger partial charge is 0.0236 e. The predicted octanol–water partition coefficient (Wildman–Crippen LogP) is 3.03. The molecule has 1 fully saturated rings. The minimum Gasteiger partial charge on any atom is -0.316 e. The highest BCUT2D eigenvalue weighted by molar-refractivity contribution is 5.22. The molecule has 1 aromatic carbocycles. The maximum Gasteiger partial charge on any atom is 0.0236 e. The van der Waals surface area contributed by atoms with Crippen LogP contribution >= 0.6 is 0 Å². The molecule has 1 atom stereocenters. The molecule has 0 amide bonds. The van der Waals surface area contributed by atoms with Crippen LogP contribution in [0.4, 0.5) is 0 Å². The molecule has 18 heavy (non-hydrogen) atoms. The average molecular weight is 246 g/mol. The molecule has 0 aromatic heterocycles. The molecule has 1 N–H and O–H groups in total. The van der Waals surface area contributed by atoms with Gasteiger partial charge in [0.15, 0.2) is 0 Å². The first-order valence-electron chi connectivity index (χ1n) is 7.17. The molecule has 2 rings (SSSR count). The fraction of sp³-hybridized carbons (Fsp3) is 0.625. The lowest BCUT2D eigenvalue weighted by Gasteiger charge is -2.27. The Balaban J connectivity index is 1.96. The van der Waals surface area contributed by atoms with Gasteiger partial charge in [-0.15, -0.1) is 0 Å². The van der Waals surface area contributed by atoms with Crippen LogP contribution in [0.25, 0.3) is 0 Å². The number of rotatable bonds is 5. The molecule has 1 aliphatic heterocycles. The highest BCUT2D eigenvalue weighted by Crippen LogP contribution is 2.25. The van der Waals surface area contributed by atoms with Crippen molar-refractivity contribution >= 4 is 0 Å². The van der Waals surface area contributed by atoms with Crippen LogP contribution in [0.2, 0.25) is 0 Å². The van der Waals surface area contributed by atoms with Crippen LogP contribution in [0.1, 0.15) is 37.8 Å². The van der Waals surface area contributed by atoms with Crippen LogP contribution in [0.15, 0.2) is 24.3 Å². The molecule has 2 nitrogen and oxygen atoms in total. The summed E-state index contributed by atoms with van der Waals surface area (Å²) in [5.74, 6) is 0.774. The van der Waals surface area contributed by atoms with E-state index in [1.807, 2.05) is 7.05 Å². The lowest BCUT2D eigenvalue weighted by Crippen LogP contribution is -2.32. The van der Waals surface area contributed by atoms with Gasteiger partial charge in [0.05, 0.1) is 0 Å². The molecule has 1 unspecified atom stereocenters. The third kappa shape index (κ3) is 3.33. The summed E-state index contributed by atoms with van der Waals surface area (Å²) in [6, 6.07) is 9.82. The van der Waals surface area contributed by atoms with Gasteiger partial charge in [0.1, 0.15) is 0 Å². The van der Waals surface area contributed by atoms with Gasteiger partial charge < -0.3 is 5.32 Å². The van der Waals surface area contributed by atoms with Gasteiger partial charge in [0.2, 0.25) is 0 Å². The first-order valence-corrected chi connectivity index (χ1v) is 7.17. The minimum atomic E-state index is 0.774. The van der Waals surface area contributed by atoms with Gasteiger partial charge in [0.25, 0.3) is 0 Å². The Morgan fingerprint density at radius 2 is 1.89 bits per heavy atom. The summed E-state index contributed by atoms with van der Waals surface area (Å²) in [4.78, 5) is 2.65. The summed E-state index contributed by atoms with van der Waals surface area (Å²) in [6.07, 6.45) is 2.73. The van der Waals surface area contributed by atoms with Gasteiger partial charge in [-0.05, 0) is 43.5 Å². The van der Waals surface area contributed by atoms with Crippen LogP contribution in [0, 0.1) is 5.92 Å². The average Bonchev–Trinajstić information content (AvgIpc) is 2.80. The molecule has 100 valence electrons. The number of likely N-dealkylation sites (tertiary alicyclic amines) is 1. The SMILES string of the molecule is CNCc1ccc(CN2CCCC2C(C)C)cc1. The number of hydrogen-bond donors (Lipinski definition) is 1. The van der Waals surface area contributed by atoms with E-state index in [0.717, 1.165) is 25.0 Å². The van der Waals surface area contributed by atoms with Crippen molar-refractivity contribution in [3.05, 3.63) is 35.4 Å². The summed E-state index contributed by atoms with van der Waals surface area (Å²) in [6.45, 7) is 8.03. The van der Waals surface area contributed by atoms with E-state index >= 15 is 0 Å². The number of benzene rings is 1. The highest BCUT2D eigenvalue weighted by atomic mass is 15.2. The summed E-state index contributed by atoms with van der Waals surface area (Å²) in [5, 5.41) is 3.19. The molecule has 0 radical (unpaired) electrons. The second-order valence-electron chi connectivity index (χ2n) is 5.77. The van der Waals surface area contributed by atoms with E-state index in [-0.39, 0.29) is 0 Å². The molecule has 0 saturated carbocycles. The normalized spacial score (nSPS) is 20.8. The Hall–Kier alpha value is -0.860. The van der Waals surface area contributed by atoms with E-state index in [0.29, 0.717) is 0 Å². The molecule has 0 aliphatic carbocycles. The van der Waals surface area contributed by atoms with E-state index in [2.05, 4.69) is 48.3 Å². The molecular weight excluding hydrogens is 220 g/mol. The van der Waals surface area contributed by atoms with Crippen LogP contribution < -0.4 is 5.32 Å². The maximum absolute atomic E-state index is 3.19. The molecule has 0 spiro atoms. The summed E-state index contributed by atoms with van der Waals surface area (Å²) in [7, 11) is 1.99. The lowest BCUT2D eigenvalue weighted by molar-refractivity contribution is 0.199. The van der Waals surface area contributed by atoms with Crippen molar-refractivity contribution in [2.45, 2.75) is 45.8 Å². The molecule has 1 aliphatic rings. The lowest BCUT2D eigenvalue weighted by atomic mass is 10.0. The molecule has 1 heterocycles. The fourth-order valence-electron chi connectivity index (χ4n) is 3.00. The van der Waals surface area contributed by atoms with Gasteiger partial charge in [-0.1, -0.05) is 38.1 Å². The van der Waals surface area contributed by atoms with Crippen LogP contribution in [-0.4, -0.2) is 24.5 Å². The first kappa shape index (κ1) is 13.6. The zero-order valence-corrected chi connectivity index (χ0v) is 11.9. The highest BCUT2D eigenvalue weighted by Gasteiger charge is 2.26. The van der Waals surface area contributed by atoms with Crippen molar-refractivity contribution in [1.29, 1.82) is 0 Å². The maximum atomic E-state index is 3.19. The second kappa shape index (κ2) is 6.35. The van der Waals surface area contributed by atoms with Crippen molar-refractivity contribution in [2.75, 3.05) is 13.6 Å². The molecule has 2 heteroatoms. The van der Waals surface area contributed by atoms with Crippen molar-refractivity contribution in [2.24, 2.45) is 5.92 Å². The Kier molecular flexibility index (Phi) is 4.79. The molecule has 0 bridgehead atoms. The topological polar surface area (TPSA) is 15.3 Å². The van der Waals surface area contributed by atoms with E-state index in [1.54, 1.807) is 0 Å². The summed E-state index contributed by atoms with van der Waals surface area (Å²) < 4.78 is 0. The quantitative estimate of drug-likeness (QED) is 0.859. The van der Waals surface area contributed by atoms with Crippen molar-refractivity contribution in [1.82, 2.24) is 10.2 Å². The number of nitrogens with zero attached hydrogens (tertiary/aromatic N) is 1. The van der Waals surface area contributed by atoms with E-state index < -0.39 is 0 Å². The van der Waals surface area contributed by atoms with Gasteiger partial charge in [-0.25, -0.2) is 0 Å². The largest absolute Gasteiger partial charge is 0.316 e. The first-order chi connectivity index (χ1) is 8.70. The van der Waals surface area contributed by atoms with Gasteiger partial charge in [0, 0.05) is 19.1 Å². The summed E-state index contributed by atoms with van der Waals surface area (Å²) >= 11 is 0. The molecular formula is C16H26N2. The number of hydrogen-bond acceptors (Lipinski definition) is 2. The second-order valence-corrected chi connectivity index (χ2v) is 5.77. The van der Waals surface area contributed by atoms with Crippen LogP contribution in [0.3, 0.4) is 0 Å². The zero-order chi connectivity index (χ0) is 13.0. The zero-order valence-electron chi connectivity index (χ0n) is 11.9. The third-order valence-electron chi connectivity index (χ3n) is 3.97. The predicted molar refractivity (Wildman–Crippen MR) is 77.5 cm³/mol. The van der Waals surface area contributed by atoms with Crippen molar-refractivity contribution in [3.8, 4) is 0 Å². The fourth-order valence-corrected chi connectivity index (χ4v) is 3.00. The standard InChI is InChI=1S/C16H26N2/c1-13(2)16-5-4-10-18(16)12-15-8-6-14(7-9-15)11-17-3/h6-9,13,16-17H,4-5,10-12H2,1-3H3. The van der Waals surface area contributed by atoms with E-state index in [1.165, 1.54) is 30.5 Å². The third-order valence-corrected chi connectivity index (χ3v) is 3.97. The Labute approximate surface area is 111 Å². The van der Waals surface area contributed by atoms with E-state index in [9.17, 15) is 0 Å². The van der Waals surface area contributed by atoms with Crippen molar-refractivity contribution < 1.29 is 0 Å². The van der Waals surface area contributed by atoms with Gasteiger partial charge in [-0.3, -0.25) is 4.90 Å². The molecule has 1 saturated heterocycles. The Bertz CT molecular complexity index is 356. The summed E-state index contributed by atoms with van der Waals surface area (Å²) in [5.41, 5.74) is 2.81. The minimum absolute atomic E-state index is 0.774. The van der Waals surface area contributed by atoms with E-state index in [4.69, 9.17) is 0 Å². The van der Waals surface area contributed by atoms with Gasteiger partial charge >= 0.3 is 0 Å². The monoisotopic (exact) mass is 246 g/mol.